The molecule has 0 bridgehead atoms. The Bertz CT molecular complexity index is 842. The molecule has 1 aromatic carbocycles. The SMILES string of the molecule is Nc1nc2c(c(NCCCc3nc4ccccc4s3)n1)CCNCC2. The van der Waals surface area contributed by atoms with Crippen LogP contribution in [0, 0.1) is 0 Å². The Morgan fingerprint density at radius 3 is 2.92 bits per heavy atom. The molecule has 0 amide bonds. The van der Waals surface area contributed by atoms with E-state index in [4.69, 9.17) is 10.7 Å². The van der Waals surface area contributed by atoms with Gasteiger partial charge in [-0.25, -0.2) is 9.97 Å². The molecule has 0 fully saturated rings. The number of benzene rings is 1. The maximum atomic E-state index is 5.88. The number of nitrogens with two attached hydrogens (primary N) is 1. The van der Waals surface area contributed by atoms with E-state index in [0.717, 1.165) is 62.3 Å². The molecule has 4 N–H and O–H groups in total. The third-order valence-corrected chi connectivity index (χ3v) is 5.49. The van der Waals surface area contributed by atoms with Gasteiger partial charge in [-0.1, -0.05) is 12.1 Å². The van der Waals surface area contributed by atoms with Crippen LogP contribution in [0.1, 0.15) is 22.7 Å². The minimum atomic E-state index is 0.356. The number of para-hydroxylation sites is 1. The molecule has 0 saturated heterocycles. The fourth-order valence-electron chi connectivity index (χ4n) is 3.18. The average molecular weight is 354 g/mol. The summed E-state index contributed by atoms with van der Waals surface area (Å²) in [6.45, 7) is 2.76. The number of hydrogen-bond acceptors (Lipinski definition) is 7. The average Bonchev–Trinajstić information content (AvgIpc) is 2.88. The van der Waals surface area contributed by atoms with E-state index in [2.05, 4.69) is 38.8 Å². The van der Waals surface area contributed by atoms with Crippen LogP contribution in [0.5, 0.6) is 0 Å². The summed E-state index contributed by atoms with van der Waals surface area (Å²) < 4.78 is 1.26. The number of fused-ring (bicyclic) bond motifs is 2. The second kappa shape index (κ2) is 7.33. The van der Waals surface area contributed by atoms with E-state index in [1.807, 2.05) is 6.07 Å². The van der Waals surface area contributed by atoms with Crippen molar-refractivity contribution in [3.63, 3.8) is 0 Å². The van der Waals surface area contributed by atoms with Gasteiger partial charge in [0, 0.05) is 31.5 Å². The Morgan fingerprint density at radius 2 is 2.00 bits per heavy atom. The Balaban J connectivity index is 1.39. The molecule has 6 nitrogen and oxygen atoms in total. The van der Waals surface area contributed by atoms with E-state index in [-0.39, 0.29) is 0 Å². The summed E-state index contributed by atoms with van der Waals surface area (Å²) in [5.74, 6) is 1.25. The van der Waals surface area contributed by atoms with Crippen molar-refractivity contribution in [2.45, 2.75) is 25.7 Å². The predicted octanol–water partition coefficient (Wildman–Crippen LogP) is 2.40. The molecule has 0 atom stereocenters. The van der Waals surface area contributed by atoms with Crippen LogP contribution in [0.15, 0.2) is 24.3 Å². The molecule has 1 aliphatic rings. The van der Waals surface area contributed by atoms with Crippen molar-refractivity contribution in [1.82, 2.24) is 20.3 Å². The lowest BCUT2D eigenvalue weighted by atomic mass is 10.1. The quantitative estimate of drug-likeness (QED) is 0.610. The van der Waals surface area contributed by atoms with Crippen LogP contribution in [0.3, 0.4) is 0 Å². The van der Waals surface area contributed by atoms with Gasteiger partial charge in [0.2, 0.25) is 5.95 Å². The number of thiazole rings is 1. The van der Waals surface area contributed by atoms with Crippen molar-refractivity contribution in [2.24, 2.45) is 0 Å². The van der Waals surface area contributed by atoms with Gasteiger partial charge in [-0.05, 0) is 31.5 Å². The molecule has 2 aromatic heterocycles. The summed E-state index contributed by atoms with van der Waals surface area (Å²) in [7, 11) is 0. The lowest BCUT2D eigenvalue weighted by Gasteiger charge is -2.13. The van der Waals surface area contributed by atoms with E-state index in [1.165, 1.54) is 15.3 Å². The van der Waals surface area contributed by atoms with Crippen molar-refractivity contribution in [3.05, 3.63) is 40.5 Å². The summed E-state index contributed by atoms with van der Waals surface area (Å²) in [5, 5.41) is 8.05. The number of rotatable bonds is 5. The normalized spacial score (nSPS) is 14.2. The minimum absolute atomic E-state index is 0.356. The highest BCUT2D eigenvalue weighted by atomic mass is 32.1. The summed E-state index contributed by atoms with van der Waals surface area (Å²) in [6, 6.07) is 8.29. The third kappa shape index (κ3) is 3.72. The van der Waals surface area contributed by atoms with Gasteiger partial charge < -0.3 is 16.4 Å². The number of hydrogen-bond donors (Lipinski definition) is 3. The van der Waals surface area contributed by atoms with Crippen LogP contribution >= 0.6 is 11.3 Å². The number of aromatic nitrogens is 3. The summed E-state index contributed by atoms with van der Waals surface area (Å²) in [5.41, 5.74) is 9.26. The molecule has 3 heterocycles. The van der Waals surface area contributed by atoms with Crippen molar-refractivity contribution in [2.75, 3.05) is 30.7 Å². The van der Waals surface area contributed by atoms with Gasteiger partial charge in [-0.2, -0.15) is 4.98 Å². The molecular formula is C18H22N6S. The Labute approximate surface area is 150 Å². The molecule has 0 radical (unpaired) electrons. The smallest absolute Gasteiger partial charge is 0.222 e. The van der Waals surface area contributed by atoms with Crippen molar-refractivity contribution >= 4 is 33.3 Å². The largest absolute Gasteiger partial charge is 0.370 e. The summed E-state index contributed by atoms with van der Waals surface area (Å²) in [6.07, 6.45) is 3.83. The first kappa shape index (κ1) is 16.2. The lowest BCUT2D eigenvalue weighted by Crippen LogP contribution is -2.16. The monoisotopic (exact) mass is 354 g/mol. The van der Waals surface area contributed by atoms with Gasteiger partial charge in [0.25, 0.3) is 0 Å². The maximum Gasteiger partial charge on any atom is 0.222 e. The van der Waals surface area contributed by atoms with Gasteiger partial charge in [0.15, 0.2) is 0 Å². The van der Waals surface area contributed by atoms with Crippen LogP contribution in [0.25, 0.3) is 10.2 Å². The topological polar surface area (TPSA) is 88.8 Å². The van der Waals surface area contributed by atoms with E-state index in [1.54, 1.807) is 11.3 Å². The van der Waals surface area contributed by atoms with Crippen LogP contribution in [-0.2, 0) is 19.3 Å². The molecule has 0 spiro atoms. The van der Waals surface area contributed by atoms with Crippen molar-refractivity contribution in [3.8, 4) is 0 Å². The predicted molar refractivity (Wildman–Crippen MR) is 103 cm³/mol. The molecule has 1 aliphatic heterocycles. The highest BCUT2D eigenvalue weighted by Crippen LogP contribution is 2.23. The zero-order chi connectivity index (χ0) is 17.1. The van der Waals surface area contributed by atoms with Gasteiger partial charge in [-0.15, -0.1) is 11.3 Å². The van der Waals surface area contributed by atoms with E-state index in [0.29, 0.717) is 5.95 Å². The molecule has 0 saturated carbocycles. The fourth-order valence-corrected chi connectivity index (χ4v) is 4.19. The van der Waals surface area contributed by atoms with E-state index >= 15 is 0 Å². The molecule has 0 unspecified atom stereocenters. The Kier molecular flexibility index (Phi) is 4.76. The molecule has 25 heavy (non-hydrogen) atoms. The summed E-state index contributed by atoms with van der Waals surface area (Å²) >= 11 is 1.78. The van der Waals surface area contributed by atoms with Gasteiger partial charge >= 0.3 is 0 Å². The van der Waals surface area contributed by atoms with Gasteiger partial charge in [0.1, 0.15) is 5.82 Å². The van der Waals surface area contributed by atoms with Crippen LogP contribution in [-0.4, -0.2) is 34.6 Å². The molecule has 0 aliphatic carbocycles. The number of anilines is 2. The number of aryl methyl sites for hydroxylation is 1. The van der Waals surface area contributed by atoms with Crippen LogP contribution < -0.4 is 16.4 Å². The Hall–Kier alpha value is -2.25. The Morgan fingerprint density at radius 1 is 1.12 bits per heavy atom. The van der Waals surface area contributed by atoms with Crippen molar-refractivity contribution < 1.29 is 0 Å². The molecule has 4 rings (SSSR count). The maximum absolute atomic E-state index is 5.88. The van der Waals surface area contributed by atoms with E-state index in [9.17, 15) is 0 Å². The number of nitrogen functional groups attached to an aromatic ring is 1. The van der Waals surface area contributed by atoms with Crippen LogP contribution in [0.4, 0.5) is 11.8 Å². The first-order valence-corrected chi connectivity index (χ1v) is 9.55. The highest BCUT2D eigenvalue weighted by Gasteiger charge is 2.15. The lowest BCUT2D eigenvalue weighted by molar-refractivity contribution is 0.708. The second-order valence-corrected chi connectivity index (χ2v) is 7.33. The first-order valence-electron chi connectivity index (χ1n) is 8.74. The highest BCUT2D eigenvalue weighted by molar-refractivity contribution is 7.18. The zero-order valence-electron chi connectivity index (χ0n) is 14.1. The van der Waals surface area contributed by atoms with E-state index < -0.39 is 0 Å². The molecular weight excluding hydrogens is 332 g/mol. The molecule has 130 valence electrons. The van der Waals surface area contributed by atoms with Crippen LogP contribution in [0.2, 0.25) is 0 Å². The van der Waals surface area contributed by atoms with Gasteiger partial charge in [-0.3, -0.25) is 0 Å². The van der Waals surface area contributed by atoms with Crippen molar-refractivity contribution in [1.29, 1.82) is 0 Å². The minimum Gasteiger partial charge on any atom is -0.370 e. The summed E-state index contributed by atoms with van der Waals surface area (Å²) in [4.78, 5) is 13.5. The zero-order valence-corrected chi connectivity index (χ0v) is 14.9. The first-order chi connectivity index (χ1) is 12.3. The molecule has 3 aromatic rings. The fraction of sp³-hybridized carbons (Fsp3) is 0.389. The second-order valence-electron chi connectivity index (χ2n) is 6.21. The third-order valence-electron chi connectivity index (χ3n) is 4.40. The van der Waals surface area contributed by atoms with Gasteiger partial charge in [0.05, 0.1) is 20.9 Å². The standard InChI is InChI=1S/C18H22N6S/c19-18-23-13-8-11-20-10-7-12(13)17(24-18)21-9-3-6-16-22-14-4-1-2-5-15(14)25-16/h1-2,4-5,20H,3,6-11H2,(H3,19,21,23,24). The molecule has 7 heteroatoms. The number of nitrogens with one attached hydrogen (secondary N) is 2. The number of nitrogens with zero attached hydrogens (tertiary/aromatic N) is 3.